The van der Waals surface area contributed by atoms with E-state index in [1.807, 2.05) is 0 Å². The van der Waals surface area contributed by atoms with E-state index >= 15 is 0 Å². The van der Waals surface area contributed by atoms with Gasteiger partial charge in [0.1, 0.15) is 0 Å². The van der Waals surface area contributed by atoms with Crippen LogP contribution >= 0.6 is 0 Å². The molecule has 1 aliphatic heterocycles. The van der Waals surface area contributed by atoms with E-state index in [9.17, 15) is 4.79 Å². The van der Waals surface area contributed by atoms with Crippen LogP contribution in [-0.2, 0) is 0 Å². The van der Waals surface area contributed by atoms with E-state index in [0.29, 0.717) is 5.56 Å². The Bertz CT molecular complexity index is 477. The van der Waals surface area contributed by atoms with Crippen molar-refractivity contribution in [1.29, 1.82) is 0 Å². The number of carbonyl (C=O) groups excluding carboxylic acids is 1. The molecule has 0 aromatic carbocycles. The van der Waals surface area contributed by atoms with Crippen molar-refractivity contribution in [2.45, 2.75) is 19.3 Å². The SMILES string of the molecule is [C-]#[N+]/C(C(=O)c1ccncc1)=C1\CCCCN1. The number of aromatic nitrogens is 1. The van der Waals surface area contributed by atoms with Gasteiger partial charge in [-0.25, -0.2) is 4.85 Å². The van der Waals surface area contributed by atoms with Gasteiger partial charge in [0.15, 0.2) is 5.78 Å². The number of nitrogens with zero attached hydrogens (tertiary/aromatic N) is 2. The summed E-state index contributed by atoms with van der Waals surface area (Å²) in [7, 11) is 0. The van der Waals surface area contributed by atoms with Gasteiger partial charge in [0.25, 0.3) is 5.70 Å². The standard InChI is InChI=1S/C13H13N3O/c1-14-12(11-4-2-3-7-16-11)13(17)10-5-8-15-9-6-10/h5-6,8-9,16H,2-4,7H2/b12-11+. The summed E-state index contributed by atoms with van der Waals surface area (Å²) in [6.45, 7) is 8.01. The van der Waals surface area contributed by atoms with Gasteiger partial charge < -0.3 is 10.1 Å². The van der Waals surface area contributed by atoms with Crippen molar-refractivity contribution in [2.75, 3.05) is 6.54 Å². The minimum absolute atomic E-state index is 0.216. The summed E-state index contributed by atoms with van der Waals surface area (Å²) < 4.78 is 0. The first-order chi connectivity index (χ1) is 8.33. The van der Waals surface area contributed by atoms with Crippen LogP contribution in [0.1, 0.15) is 29.6 Å². The van der Waals surface area contributed by atoms with Gasteiger partial charge in [-0.2, -0.15) is 0 Å². The molecular formula is C13H13N3O. The number of carbonyl (C=O) groups is 1. The van der Waals surface area contributed by atoms with Crippen LogP contribution in [0.3, 0.4) is 0 Å². The van der Waals surface area contributed by atoms with Crippen LogP contribution < -0.4 is 5.32 Å². The number of hydrogen-bond acceptors (Lipinski definition) is 3. The maximum absolute atomic E-state index is 12.1. The minimum Gasteiger partial charge on any atom is -0.397 e. The maximum Gasteiger partial charge on any atom is 0.252 e. The van der Waals surface area contributed by atoms with Crippen molar-refractivity contribution >= 4 is 5.78 Å². The number of Topliss-reactive ketones (excluding diaryl/α,β-unsaturated/α-hetero) is 1. The highest BCUT2D eigenvalue weighted by Crippen LogP contribution is 2.19. The highest BCUT2D eigenvalue weighted by molar-refractivity contribution is 6.10. The molecule has 0 bridgehead atoms. The summed E-state index contributed by atoms with van der Waals surface area (Å²) in [6, 6.07) is 3.27. The highest BCUT2D eigenvalue weighted by atomic mass is 16.1. The van der Waals surface area contributed by atoms with Crippen LogP contribution in [0.25, 0.3) is 4.85 Å². The monoisotopic (exact) mass is 227 g/mol. The molecule has 0 saturated carbocycles. The fourth-order valence-corrected chi connectivity index (χ4v) is 1.85. The van der Waals surface area contributed by atoms with Gasteiger partial charge in [0, 0.05) is 30.2 Å². The van der Waals surface area contributed by atoms with Crippen molar-refractivity contribution in [3.05, 3.63) is 52.9 Å². The number of rotatable bonds is 2. The number of ketones is 1. The molecule has 4 nitrogen and oxygen atoms in total. The molecule has 0 amide bonds. The van der Waals surface area contributed by atoms with Gasteiger partial charge in [0.2, 0.25) is 0 Å². The lowest BCUT2D eigenvalue weighted by atomic mass is 10.0. The van der Waals surface area contributed by atoms with Crippen LogP contribution in [0.2, 0.25) is 0 Å². The Morgan fingerprint density at radius 1 is 1.35 bits per heavy atom. The zero-order chi connectivity index (χ0) is 12.1. The van der Waals surface area contributed by atoms with Gasteiger partial charge in [0.05, 0.1) is 6.57 Å². The van der Waals surface area contributed by atoms with Crippen LogP contribution in [0.15, 0.2) is 35.9 Å². The summed E-state index contributed by atoms with van der Waals surface area (Å²) >= 11 is 0. The number of piperidine rings is 1. The van der Waals surface area contributed by atoms with Crippen LogP contribution in [-0.4, -0.2) is 17.3 Å². The zero-order valence-electron chi connectivity index (χ0n) is 9.44. The Hall–Kier alpha value is -2.15. The molecule has 0 unspecified atom stereocenters. The number of pyridine rings is 1. The van der Waals surface area contributed by atoms with Crippen molar-refractivity contribution in [3.63, 3.8) is 0 Å². The smallest absolute Gasteiger partial charge is 0.252 e. The zero-order valence-corrected chi connectivity index (χ0v) is 9.44. The molecule has 2 heterocycles. The average Bonchev–Trinajstić information content (AvgIpc) is 2.42. The second-order valence-corrected chi connectivity index (χ2v) is 3.89. The molecule has 17 heavy (non-hydrogen) atoms. The summed E-state index contributed by atoms with van der Waals surface area (Å²) in [5, 5.41) is 3.15. The third-order valence-electron chi connectivity index (χ3n) is 2.75. The first-order valence-electron chi connectivity index (χ1n) is 5.62. The molecule has 1 N–H and O–H groups in total. The molecule has 1 aliphatic rings. The normalized spacial score (nSPS) is 17.8. The molecule has 0 aliphatic carbocycles. The quantitative estimate of drug-likeness (QED) is 0.478. The molecule has 2 rings (SSSR count). The molecule has 1 aromatic heterocycles. The third-order valence-corrected chi connectivity index (χ3v) is 2.75. The summed E-state index contributed by atoms with van der Waals surface area (Å²) in [6.07, 6.45) is 6.04. The van der Waals surface area contributed by atoms with Crippen molar-refractivity contribution in [1.82, 2.24) is 10.3 Å². The topological polar surface area (TPSA) is 46.4 Å². The van der Waals surface area contributed by atoms with E-state index < -0.39 is 0 Å². The fourth-order valence-electron chi connectivity index (χ4n) is 1.85. The summed E-state index contributed by atoms with van der Waals surface area (Å²) in [5.74, 6) is -0.216. The van der Waals surface area contributed by atoms with E-state index in [2.05, 4.69) is 15.1 Å². The van der Waals surface area contributed by atoms with Gasteiger partial charge in [-0.3, -0.25) is 4.98 Å². The van der Waals surface area contributed by atoms with Crippen molar-refractivity contribution < 1.29 is 4.79 Å². The molecule has 1 fully saturated rings. The molecule has 86 valence electrons. The summed E-state index contributed by atoms with van der Waals surface area (Å²) in [4.78, 5) is 19.4. The fraction of sp³-hybridized carbons (Fsp3) is 0.308. The van der Waals surface area contributed by atoms with Gasteiger partial charge in [-0.05, 0) is 31.4 Å². The lowest BCUT2D eigenvalue weighted by Gasteiger charge is -2.18. The number of nitrogens with one attached hydrogen (secondary N) is 1. The second kappa shape index (κ2) is 5.26. The number of hydrogen-bond donors (Lipinski definition) is 1. The molecule has 0 radical (unpaired) electrons. The Morgan fingerprint density at radius 2 is 2.12 bits per heavy atom. The first kappa shape index (κ1) is 11.3. The molecule has 0 atom stereocenters. The van der Waals surface area contributed by atoms with E-state index in [1.165, 1.54) is 0 Å². The molecule has 0 spiro atoms. The lowest BCUT2D eigenvalue weighted by Crippen LogP contribution is -2.23. The molecule has 1 aromatic rings. The van der Waals surface area contributed by atoms with Crippen molar-refractivity contribution in [3.8, 4) is 0 Å². The minimum atomic E-state index is -0.216. The predicted octanol–water partition coefficient (Wildman–Crippen LogP) is 2.17. The van der Waals surface area contributed by atoms with E-state index in [4.69, 9.17) is 6.57 Å². The Kier molecular flexibility index (Phi) is 3.51. The van der Waals surface area contributed by atoms with Gasteiger partial charge in [-0.1, -0.05) is 0 Å². The Labute approximate surface area is 100 Å². The highest BCUT2D eigenvalue weighted by Gasteiger charge is 2.19. The molecule has 4 heteroatoms. The second-order valence-electron chi connectivity index (χ2n) is 3.89. The average molecular weight is 227 g/mol. The Balaban J connectivity index is 2.31. The van der Waals surface area contributed by atoms with Crippen molar-refractivity contribution in [2.24, 2.45) is 0 Å². The first-order valence-corrected chi connectivity index (χ1v) is 5.62. The lowest BCUT2D eigenvalue weighted by molar-refractivity contribution is 0.103. The predicted molar refractivity (Wildman–Crippen MR) is 64.0 cm³/mol. The molecule has 1 saturated heterocycles. The molecular weight excluding hydrogens is 214 g/mol. The van der Waals surface area contributed by atoms with Crippen LogP contribution in [0.4, 0.5) is 0 Å². The van der Waals surface area contributed by atoms with Gasteiger partial charge in [-0.15, -0.1) is 0 Å². The van der Waals surface area contributed by atoms with E-state index in [0.717, 1.165) is 31.5 Å². The third kappa shape index (κ3) is 2.51. The Morgan fingerprint density at radius 3 is 2.71 bits per heavy atom. The van der Waals surface area contributed by atoms with Crippen LogP contribution in [0, 0.1) is 6.57 Å². The maximum atomic E-state index is 12.1. The van der Waals surface area contributed by atoms with Gasteiger partial charge >= 0.3 is 0 Å². The summed E-state index contributed by atoms with van der Waals surface area (Å²) in [5.41, 5.74) is 1.52. The largest absolute Gasteiger partial charge is 0.397 e. The van der Waals surface area contributed by atoms with E-state index in [1.54, 1.807) is 24.5 Å². The van der Waals surface area contributed by atoms with E-state index in [-0.39, 0.29) is 11.5 Å². The van der Waals surface area contributed by atoms with Crippen LogP contribution in [0.5, 0.6) is 0 Å². The number of allylic oxidation sites excluding steroid dienone is 2.